The van der Waals surface area contributed by atoms with E-state index < -0.39 is 9.05 Å². The van der Waals surface area contributed by atoms with Crippen LogP contribution in [0.15, 0.2) is 29.2 Å². The molecular weight excluding hydrogens is 224 g/mol. The van der Waals surface area contributed by atoms with Gasteiger partial charge in [0.25, 0.3) is 9.05 Å². The summed E-state index contributed by atoms with van der Waals surface area (Å²) >= 11 is 0. The zero-order valence-corrected chi connectivity index (χ0v) is 10.3. The molecule has 0 saturated carbocycles. The van der Waals surface area contributed by atoms with E-state index in [0.29, 0.717) is 0 Å². The summed E-state index contributed by atoms with van der Waals surface area (Å²) in [5.41, 5.74) is 0. The molecule has 1 aromatic rings. The monoisotopic (exact) mass is 234 g/mol. The largest absolute Gasteiger partial charge is 0.261 e. The highest BCUT2D eigenvalue weighted by Gasteiger charge is 2.08. The molecule has 0 N–H and O–H groups in total. The van der Waals surface area contributed by atoms with E-state index in [4.69, 9.17) is 10.7 Å². The fourth-order valence-electron chi connectivity index (χ4n) is 1.11. The number of rotatable bonds is 3. The van der Waals surface area contributed by atoms with Gasteiger partial charge in [-0.05, 0) is 12.1 Å². The first-order valence-electron chi connectivity index (χ1n) is 4.07. The van der Waals surface area contributed by atoms with E-state index in [1.54, 1.807) is 12.1 Å². The van der Waals surface area contributed by atoms with Crippen LogP contribution in [0.5, 0.6) is 0 Å². The van der Waals surface area contributed by atoms with E-state index in [-0.39, 0.29) is 14.4 Å². The van der Waals surface area contributed by atoms with Crippen LogP contribution < -0.4 is 5.19 Å². The summed E-state index contributed by atoms with van der Waals surface area (Å²) in [5.74, 6) is 0. The molecular formula is C8H11ClO2SSi. The molecule has 1 rings (SSSR count). The summed E-state index contributed by atoms with van der Waals surface area (Å²) in [5, 5.41) is 1.27. The molecule has 0 atom stereocenters. The highest BCUT2D eigenvalue weighted by molar-refractivity contribution is 8.13. The second-order valence-electron chi connectivity index (χ2n) is 2.83. The normalized spacial score (nSPS) is 12.5. The predicted octanol–water partition coefficient (Wildman–Crippen LogP) is 0.846. The molecule has 5 heteroatoms. The van der Waals surface area contributed by atoms with Gasteiger partial charge in [-0.25, -0.2) is 8.42 Å². The molecule has 0 saturated heterocycles. The topological polar surface area (TPSA) is 34.1 Å². The van der Waals surface area contributed by atoms with Gasteiger partial charge >= 0.3 is 0 Å². The molecule has 0 aliphatic heterocycles. The first kappa shape index (κ1) is 10.8. The molecule has 0 heterocycles. The van der Waals surface area contributed by atoms with Gasteiger partial charge in [-0.1, -0.05) is 30.3 Å². The second kappa shape index (κ2) is 4.26. The minimum atomic E-state index is -3.55. The molecule has 0 fully saturated rings. The molecule has 72 valence electrons. The van der Waals surface area contributed by atoms with Gasteiger partial charge in [-0.2, -0.15) is 0 Å². The van der Waals surface area contributed by atoms with Gasteiger partial charge in [0.2, 0.25) is 0 Å². The van der Waals surface area contributed by atoms with Gasteiger partial charge < -0.3 is 0 Å². The number of hydrogen-bond donors (Lipinski definition) is 0. The molecule has 0 aromatic heterocycles. The van der Waals surface area contributed by atoms with Crippen LogP contribution in [0.1, 0.15) is 6.92 Å². The SMILES string of the molecule is CC[SiH2]c1ccc(S(=O)(=O)Cl)cc1. The van der Waals surface area contributed by atoms with Gasteiger partial charge in [0.15, 0.2) is 0 Å². The highest BCUT2D eigenvalue weighted by Crippen LogP contribution is 2.12. The summed E-state index contributed by atoms with van der Waals surface area (Å²) in [6.45, 7) is 2.14. The summed E-state index contributed by atoms with van der Waals surface area (Å²) in [4.78, 5) is 0.183. The molecule has 0 unspecified atom stereocenters. The van der Waals surface area contributed by atoms with Crippen LogP contribution in [0.2, 0.25) is 6.04 Å². The highest BCUT2D eigenvalue weighted by atomic mass is 35.7. The minimum absolute atomic E-state index is 0.183. The van der Waals surface area contributed by atoms with Gasteiger partial charge in [0.05, 0.1) is 14.4 Å². The Bertz CT molecular complexity index is 372. The summed E-state index contributed by atoms with van der Waals surface area (Å²) < 4.78 is 21.8. The van der Waals surface area contributed by atoms with Gasteiger partial charge in [0.1, 0.15) is 0 Å². The van der Waals surface area contributed by atoms with Crippen molar-refractivity contribution in [3.8, 4) is 0 Å². The number of benzene rings is 1. The summed E-state index contributed by atoms with van der Waals surface area (Å²) in [6, 6.07) is 8.03. The Kier molecular flexibility index (Phi) is 3.52. The van der Waals surface area contributed by atoms with Crippen molar-refractivity contribution in [2.75, 3.05) is 0 Å². The first-order valence-corrected chi connectivity index (χ1v) is 8.09. The molecule has 1 aromatic carbocycles. The van der Waals surface area contributed by atoms with Crippen LogP contribution in [0.25, 0.3) is 0 Å². The van der Waals surface area contributed by atoms with E-state index in [2.05, 4.69) is 6.92 Å². The fourth-order valence-corrected chi connectivity index (χ4v) is 3.02. The Morgan fingerprint density at radius 3 is 2.23 bits per heavy atom. The van der Waals surface area contributed by atoms with Crippen molar-refractivity contribution in [1.29, 1.82) is 0 Å². The first-order chi connectivity index (χ1) is 6.04. The van der Waals surface area contributed by atoms with Crippen LogP contribution in [-0.2, 0) is 9.05 Å². The van der Waals surface area contributed by atoms with Crippen molar-refractivity contribution in [2.45, 2.75) is 17.9 Å². The van der Waals surface area contributed by atoms with Gasteiger partial charge in [0, 0.05) is 10.7 Å². The van der Waals surface area contributed by atoms with Crippen molar-refractivity contribution >= 4 is 34.4 Å². The van der Waals surface area contributed by atoms with Crippen LogP contribution in [0.4, 0.5) is 0 Å². The molecule has 0 radical (unpaired) electrons. The van der Waals surface area contributed by atoms with E-state index in [1.807, 2.05) is 12.1 Å². The van der Waals surface area contributed by atoms with Crippen LogP contribution >= 0.6 is 10.7 Å². The van der Waals surface area contributed by atoms with E-state index in [1.165, 1.54) is 11.2 Å². The maximum Gasteiger partial charge on any atom is 0.261 e. The Morgan fingerprint density at radius 1 is 1.31 bits per heavy atom. The predicted molar refractivity (Wildman–Crippen MR) is 58.1 cm³/mol. The average Bonchev–Trinajstić information content (AvgIpc) is 2.04. The molecule has 0 bridgehead atoms. The number of halogens is 1. The van der Waals surface area contributed by atoms with E-state index in [9.17, 15) is 8.42 Å². The smallest absolute Gasteiger partial charge is 0.207 e. The van der Waals surface area contributed by atoms with Crippen molar-refractivity contribution in [3.05, 3.63) is 24.3 Å². The third-order valence-corrected chi connectivity index (χ3v) is 4.66. The lowest BCUT2D eigenvalue weighted by Crippen LogP contribution is -2.12. The summed E-state index contributed by atoms with van der Waals surface area (Å²) in [6.07, 6.45) is 0. The lowest BCUT2D eigenvalue weighted by atomic mass is 10.4. The van der Waals surface area contributed by atoms with E-state index >= 15 is 0 Å². The van der Waals surface area contributed by atoms with Crippen molar-refractivity contribution in [2.24, 2.45) is 0 Å². The third kappa shape index (κ3) is 3.13. The maximum atomic E-state index is 10.9. The average molecular weight is 235 g/mol. The quantitative estimate of drug-likeness (QED) is 0.574. The summed E-state index contributed by atoms with van der Waals surface area (Å²) in [7, 11) is 1.43. The van der Waals surface area contributed by atoms with Crippen molar-refractivity contribution < 1.29 is 8.42 Å². The molecule has 13 heavy (non-hydrogen) atoms. The zero-order chi connectivity index (χ0) is 9.90. The zero-order valence-electron chi connectivity index (χ0n) is 7.33. The van der Waals surface area contributed by atoms with Gasteiger partial charge in [-0.15, -0.1) is 0 Å². The Hall–Kier alpha value is -0.323. The number of hydrogen-bond acceptors (Lipinski definition) is 2. The Balaban J connectivity index is 2.94. The lowest BCUT2D eigenvalue weighted by Gasteiger charge is -1.98. The lowest BCUT2D eigenvalue weighted by molar-refractivity contribution is 0.609. The molecule has 0 aliphatic carbocycles. The van der Waals surface area contributed by atoms with Crippen molar-refractivity contribution in [3.63, 3.8) is 0 Å². The van der Waals surface area contributed by atoms with E-state index in [0.717, 1.165) is 0 Å². The van der Waals surface area contributed by atoms with Crippen LogP contribution in [0.3, 0.4) is 0 Å². The molecule has 0 aliphatic rings. The molecule has 0 spiro atoms. The third-order valence-electron chi connectivity index (χ3n) is 1.74. The molecule has 0 amide bonds. The Morgan fingerprint density at radius 2 is 1.85 bits per heavy atom. The van der Waals surface area contributed by atoms with Crippen LogP contribution in [-0.4, -0.2) is 17.9 Å². The Labute approximate surface area is 85.2 Å². The van der Waals surface area contributed by atoms with Gasteiger partial charge in [-0.3, -0.25) is 0 Å². The second-order valence-corrected chi connectivity index (χ2v) is 7.71. The minimum Gasteiger partial charge on any atom is -0.207 e. The fraction of sp³-hybridized carbons (Fsp3) is 0.250. The standard InChI is InChI=1S/C8H11ClO2SSi/c1-2-13-8-5-3-7(4-6-8)12(9,10)11/h3-6H,2,13H2,1H3. The maximum absolute atomic E-state index is 10.9. The van der Waals surface area contributed by atoms with Crippen LogP contribution in [0, 0.1) is 0 Å². The van der Waals surface area contributed by atoms with Crippen molar-refractivity contribution in [1.82, 2.24) is 0 Å². The molecule has 2 nitrogen and oxygen atoms in total.